The van der Waals surface area contributed by atoms with Crippen LogP contribution in [0.3, 0.4) is 0 Å². The zero-order chi connectivity index (χ0) is 25.5. The summed E-state index contributed by atoms with van der Waals surface area (Å²) in [6.07, 6.45) is 4.33. The van der Waals surface area contributed by atoms with Gasteiger partial charge < -0.3 is 9.52 Å². The van der Waals surface area contributed by atoms with Crippen LogP contribution < -0.4 is 0 Å². The molecular weight excluding hydrogens is 476 g/mol. The fraction of sp³-hybridized carbons (Fsp3) is 0.143. The summed E-state index contributed by atoms with van der Waals surface area (Å²) in [4.78, 5) is 15.2. The van der Waals surface area contributed by atoms with Gasteiger partial charge in [0.1, 0.15) is 16.8 Å². The summed E-state index contributed by atoms with van der Waals surface area (Å²) in [5, 5.41) is 8.14. The lowest BCUT2D eigenvalue weighted by molar-refractivity contribution is -0.136. The van der Waals surface area contributed by atoms with Crippen molar-refractivity contribution in [2.45, 2.75) is 24.8 Å². The zero-order valence-corrected chi connectivity index (χ0v) is 20.3. The predicted octanol–water partition coefficient (Wildman–Crippen LogP) is 5.23. The van der Waals surface area contributed by atoms with Crippen LogP contribution in [-0.2, 0) is 34.3 Å². The second-order valence-electron chi connectivity index (χ2n) is 8.28. The number of sulfonamides is 1. The minimum atomic E-state index is -3.95. The van der Waals surface area contributed by atoms with Gasteiger partial charge in [-0.15, -0.1) is 6.58 Å². The Morgan fingerprint density at radius 3 is 2.47 bits per heavy atom. The molecule has 1 atom stereocenters. The highest BCUT2D eigenvalue weighted by Gasteiger charge is 2.32. The fourth-order valence-electron chi connectivity index (χ4n) is 3.98. The summed E-state index contributed by atoms with van der Waals surface area (Å²) in [6.45, 7) is 3.79. The number of hydrogen-bond acceptors (Lipinski definition) is 5. The first-order chi connectivity index (χ1) is 17.4. The van der Waals surface area contributed by atoms with Crippen molar-refractivity contribution in [1.82, 2.24) is 9.29 Å². The standard InChI is InChI=1S/C28H26N2O5S/c1-2-27(24-12-7-15-29-18-24)36(33,34)30(19-22-9-6-8-21(16-22)17-28(31)32)20-25-13-14-26(35-25)23-10-4-3-5-11-23/h2-16,18,27H,1,17,19-20H2,(H,31,32). The third-order valence-electron chi connectivity index (χ3n) is 5.67. The molecule has 4 rings (SSSR count). The molecule has 2 aromatic carbocycles. The van der Waals surface area contributed by atoms with Gasteiger partial charge in [-0.3, -0.25) is 9.78 Å². The van der Waals surface area contributed by atoms with E-state index in [9.17, 15) is 13.2 Å². The number of carbonyl (C=O) groups is 1. The molecule has 0 aliphatic carbocycles. The number of nitrogens with zero attached hydrogens (tertiary/aromatic N) is 2. The normalized spacial score (nSPS) is 12.4. The van der Waals surface area contributed by atoms with E-state index >= 15 is 0 Å². The number of carboxylic acids is 1. The summed E-state index contributed by atoms with van der Waals surface area (Å²) in [5.41, 5.74) is 2.65. The second-order valence-corrected chi connectivity index (χ2v) is 10.3. The minimum Gasteiger partial charge on any atom is -0.481 e. The quantitative estimate of drug-likeness (QED) is 0.282. The van der Waals surface area contributed by atoms with Gasteiger partial charge >= 0.3 is 5.97 Å². The summed E-state index contributed by atoms with van der Waals surface area (Å²) >= 11 is 0. The number of aromatic nitrogens is 1. The molecule has 0 fully saturated rings. The molecule has 4 aromatic rings. The van der Waals surface area contributed by atoms with Crippen molar-refractivity contribution in [1.29, 1.82) is 0 Å². The topological polar surface area (TPSA) is 101 Å². The van der Waals surface area contributed by atoms with E-state index in [4.69, 9.17) is 9.52 Å². The second kappa shape index (κ2) is 11.2. The Labute approximate surface area is 210 Å². The first kappa shape index (κ1) is 25.1. The van der Waals surface area contributed by atoms with Crippen LogP contribution in [0.2, 0.25) is 0 Å². The van der Waals surface area contributed by atoms with E-state index in [0.717, 1.165) is 5.56 Å². The third-order valence-corrected chi connectivity index (χ3v) is 7.75. The molecule has 0 spiro atoms. The summed E-state index contributed by atoms with van der Waals surface area (Å²) < 4.78 is 35.1. The molecule has 7 nitrogen and oxygen atoms in total. The van der Waals surface area contributed by atoms with Gasteiger partial charge in [-0.05, 0) is 34.9 Å². The molecular formula is C28H26N2O5S. The molecule has 0 bridgehead atoms. The zero-order valence-electron chi connectivity index (χ0n) is 19.5. The summed E-state index contributed by atoms with van der Waals surface area (Å²) in [6, 6.07) is 23.4. The maximum Gasteiger partial charge on any atom is 0.307 e. The van der Waals surface area contributed by atoms with Crippen LogP contribution in [0.15, 0.2) is 108 Å². The van der Waals surface area contributed by atoms with Crippen molar-refractivity contribution in [2.75, 3.05) is 0 Å². The Kier molecular flexibility index (Phi) is 7.77. The van der Waals surface area contributed by atoms with Gasteiger partial charge in [-0.2, -0.15) is 4.31 Å². The summed E-state index contributed by atoms with van der Waals surface area (Å²) in [7, 11) is -3.95. The van der Waals surface area contributed by atoms with Crippen molar-refractivity contribution in [3.63, 3.8) is 0 Å². The van der Waals surface area contributed by atoms with E-state index in [1.54, 1.807) is 48.7 Å². The molecule has 0 amide bonds. The highest BCUT2D eigenvalue weighted by molar-refractivity contribution is 7.89. The van der Waals surface area contributed by atoms with Crippen molar-refractivity contribution >= 4 is 16.0 Å². The highest BCUT2D eigenvalue weighted by atomic mass is 32.2. The first-order valence-electron chi connectivity index (χ1n) is 11.3. The van der Waals surface area contributed by atoms with Crippen molar-refractivity contribution in [3.05, 3.63) is 126 Å². The van der Waals surface area contributed by atoms with Crippen LogP contribution in [0.4, 0.5) is 0 Å². The lowest BCUT2D eigenvalue weighted by Gasteiger charge is -2.26. The molecule has 1 N–H and O–H groups in total. The van der Waals surface area contributed by atoms with Gasteiger partial charge in [0.15, 0.2) is 0 Å². The van der Waals surface area contributed by atoms with E-state index in [0.29, 0.717) is 28.2 Å². The molecule has 0 aliphatic rings. The molecule has 36 heavy (non-hydrogen) atoms. The van der Waals surface area contributed by atoms with Crippen LogP contribution >= 0.6 is 0 Å². The lowest BCUT2D eigenvalue weighted by Crippen LogP contribution is -2.33. The third kappa shape index (κ3) is 5.97. The monoisotopic (exact) mass is 502 g/mol. The van der Waals surface area contributed by atoms with Crippen LogP contribution in [-0.4, -0.2) is 28.8 Å². The molecule has 0 saturated carbocycles. The maximum absolute atomic E-state index is 13.9. The predicted molar refractivity (Wildman–Crippen MR) is 137 cm³/mol. The van der Waals surface area contributed by atoms with Crippen molar-refractivity contribution in [3.8, 4) is 11.3 Å². The first-order valence-corrected chi connectivity index (χ1v) is 12.8. The van der Waals surface area contributed by atoms with E-state index in [1.165, 1.54) is 16.6 Å². The van der Waals surface area contributed by atoms with Gasteiger partial charge in [-0.25, -0.2) is 8.42 Å². The summed E-state index contributed by atoms with van der Waals surface area (Å²) in [5.74, 6) is 0.163. The van der Waals surface area contributed by atoms with E-state index < -0.39 is 21.2 Å². The largest absolute Gasteiger partial charge is 0.481 e. The maximum atomic E-state index is 13.9. The van der Waals surface area contributed by atoms with Crippen molar-refractivity contribution < 1.29 is 22.7 Å². The van der Waals surface area contributed by atoms with Gasteiger partial charge in [0.2, 0.25) is 10.0 Å². The number of furan rings is 1. The van der Waals surface area contributed by atoms with Crippen molar-refractivity contribution in [2.24, 2.45) is 0 Å². The molecule has 0 saturated heterocycles. The molecule has 2 aromatic heterocycles. The van der Waals surface area contributed by atoms with Gasteiger partial charge in [0.05, 0.1) is 13.0 Å². The number of hydrogen-bond donors (Lipinski definition) is 1. The fourth-order valence-corrected chi connectivity index (χ4v) is 5.66. The average Bonchev–Trinajstić information content (AvgIpc) is 3.34. The van der Waals surface area contributed by atoms with Gasteiger partial charge in [0.25, 0.3) is 0 Å². The molecule has 0 radical (unpaired) electrons. The Morgan fingerprint density at radius 1 is 1.00 bits per heavy atom. The Balaban J connectivity index is 1.69. The average molecular weight is 503 g/mol. The lowest BCUT2D eigenvalue weighted by atomic mass is 10.1. The van der Waals surface area contributed by atoms with Crippen LogP contribution in [0.1, 0.15) is 27.7 Å². The molecule has 1 unspecified atom stereocenters. The highest BCUT2D eigenvalue weighted by Crippen LogP contribution is 2.30. The van der Waals surface area contributed by atoms with E-state index in [-0.39, 0.29) is 19.5 Å². The Morgan fingerprint density at radius 2 is 1.78 bits per heavy atom. The molecule has 184 valence electrons. The number of pyridine rings is 1. The van der Waals surface area contributed by atoms with Crippen LogP contribution in [0.5, 0.6) is 0 Å². The Bertz CT molecular complexity index is 1430. The number of carboxylic acid groups (broad SMARTS) is 1. The van der Waals surface area contributed by atoms with Crippen LogP contribution in [0.25, 0.3) is 11.3 Å². The SMILES string of the molecule is C=CC(c1cccnc1)S(=O)(=O)N(Cc1cccc(CC(=O)O)c1)Cc1ccc(-c2ccccc2)o1. The number of rotatable bonds is 11. The number of benzene rings is 2. The van der Waals surface area contributed by atoms with Gasteiger partial charge in [-0.1, -0.05) is 66.7 Å². The van der Waals surface area contributed by atoms with E-state index in [2.05, 4.69) is 11.6 Å². The Hall–Kier alpha value is -4.01. The van der Waals surface area contributed by atoms with E-state index in [1.807, 2.05) is 36.4 Å². The minimum absolute atomic E-state index is 0.0110. The molecule has 8 heteroatoms. The molecule has 2 heterocycles. The van der Waals surface area contributed by atoms with Gasteiger partial charge in [0, 0.05) is 24.5 Å². The van der Waals surface area contributed by atoms with Crippen LogP contribution in [0, 0.1) is 0 Å². The molecule has 0 aliphatic heterocycles. The number of aliphatic carboxylic acids is 1. The smallest absolute Gasteiger partial charge is 0.307 e.